The highest BCUT2D eigenvalue weighted by atomic mass is 32.2. The fourth-order valence-corrected chi connectivity index (χ4v) is 2.73. The van der Waals surface area contributed by atoms with Crippen molar-refractivity contribution in [3.8, 4) is 0 Å². The molecule has 0 saturated carbocycles. The second kappa shape index (κ2) is 8.48. The van der Waals surface area contributed by atoms with Crippen LogP contribution in [0.3, 0.4) is 0 Å². The minimum Gasteiger partial charge on any atom is -0.464 e. The van der Waals surface area contributed by atoms with Crippen LogP contribution in [0.1, 0.15) is 44.6 Å². The van der Waals surface area contributed by atoms with Gasteiger partial charge in [0.2, 0.25) is 0 Å². The third-order valence-corrected chi connectivity index (χ3v) is 3.90. The van der Waals surface area contributed by atoms with Crippen LogP contribution in [0.2, 0.25) is 0 Å². The van der Waals surface area contributed by atoms with Gasteiger partial charge in [0.05, 0.1) is 12.3 Å². The van der Waals surface area contributed by atoms with Gasteiger partial charge in [0.1, 0.15) is 11.5 Å². The van der Waals surface area contributed by atoms with Crippen molar-refractivity contribution < 1.29 is 8.63 Å². The number of rotatable bonds is 9. The van der Waals surface area contributed by atoms with Crippen LogP contribution in [-0.2, 0) is 23.1 Å². The van der Waals surface area contributed by atoms with Gasteiger partial charge in [0.25, 0.3) is 0 Å². The minimum absolute atomic E-state index is 0.551. The lowest BCUT2D eigenvalue weighted by Crippen LogP contribution is -2.10. The number of nitrogens with one attached hydrogen (secondary N) is 1. The molecule has 0 saturated heterocycles. The Hall–Kier alpha value is -0.610. The molecule has 4 heteroatoms. The molecular weight excluding hydrogens is 234 g/mol. The summed E-state index contributed by atoms with van der Waals surface area (Å²) in [7, 11) is -0.779. The van der Waals surface area contributed by atoms with Gasteiger partial charge >= 0.3 is 0 Å². The lowest BCUT2D eigenvalue weighted by Gasteiger charge is -2.00. The van der Waals surface area contributed by atoms with E-state index in [4.69, 9.17) is 4.42 Å². The van der Waals surface area contributed by atoms with Gasteiger partial charge in [-0.15, -0.1) is 0 Å². The van der Waals surface area contributed by atoms with E-state index in [-0.39, 0.29) is 0 Å². The first-order valence-electron chi connectivity index (χ1n) is 6.39. The number of furan rings is 1. The Morgan fingerprint density at radius 2 is 2.00 bits per heavy atom. The predicted molar refractivity (Wildman–Crippen MR) is 72.3 cm³/mol. The summed E-state index contributed by atoms with van der Waals surface area (Å²) in [5.41, 5.74) is 0. The molecule has 0 amide bonds. The maximum atomic E-state index is 11.7. The Bertz CT molecular complexity index is 336. The zero-order valence-corrected chi connectivity index (χ0v) is 11.6. The maximum absolute atomic E-state index is 11.7. The topological polar surface area (TPSA) is 42.2 Å². The Kier molecular flexibility index (Phi) is 7.21. The molecule has 0 aliphatic carbocycles. The average molecular weight is 257 g/mol. The van der Waals surface area contributed by atoms with Crippen LogP contribution < -0.4 is 5.32 Å². The van der Waals surface area contributed by atoms with E-state index in [1.807, 2.05) is 12.1 Å². The fraction of sp³-hybridized carbons (Fsp3) is 0.692. The van der Waals surface area contributed by atoms with Crippen molar-refractivity contribution in [2.45, 2.75) is 45.4 Å². The van der Waals surface area contributed by atoms with Crippen LogP contribution in [0.5, 0.6) is 0 Å². The molecule has 1 aromatic heterocycles. The number of hydrogen-bond donors (Lipinski definition) is 1. The lowest BCUT2D eigenvalue weighted by atomic mass is 10.3. The Morgan fingerprint density at radius 3 is 2.71 bits per heavy atom. The molecule has 0 radical (unpaired) electrons. The molecule has 1 heterocycles. The number of unbranched alkanes of at least 4 members (excludes halogenated alkanes) is 2. The van der Waals surface area contributed by atoms with Crippen LogP contribution in [0, 0.1) is 0 Å². The van der Waals surface area contributed by atoms with Crippen molar-refractivity contribution in [2.24, 2.45) is 0 Å². The molecule has 17 heavy (non-hydrogen) atoms. The molecule has 0 fully saturated rings. The third-order valence-electron chi connectivity index (χ3n) is 2.55. The van der Waals surface area contributed by atoms with Gasteiger partial charge in [0.15, 0.2) is 0 Å². The van der Waals surface area contributed by atoms with Crippen molar-refractivity contribution in [3.05, 3.63) is 23.7 Å². The molecule has 3 nitrogen and oxygen atoms in total. The predicted octanol–water partition coefficient (Wildman–Crippen LogP) is 2.83. The van der Waals surface area contributed by atoms with Crippen molar-refractivity contribution in [3.63, 3.8) is 0 Å². The van der Waals surface area contributed by atoms with E-state index in [2.05, 4.69) is 19.2 Å². The summed E-state index contributed by atoms with van der Waals surface area (Å²) < 4.78 is 17.4. The third kappa shape index (κ3) is 6.03. The highest BCUT2D eigenvalue weighted by Crippen LogP contribution is 2.11. The van der Waals surface area contributed by atoms with Gasteiger partial charge in [-0.2, -0.15) is 0 Å². The SMILES string of the molecule is CCCCCS(=O)Cc1ccc(CNCC)o1. The second-order valence-electron chi connectivity index (χ2n) is 4.14. The molecule has 1 atom stereocenters. The molecule has 1 aromatic rings. The van der Waals surface area contributed by atoms with Gasteiger partial charge in [-0.3, -0.25) is 4.21 Å². The van der Waals surface area contributed by atoms with E-state index in [1.165, 1.54) is 6.42 Å². The van der Waals surface area contributed by atoms with Gasteiger partial charge in [0, 0.05) is 16.6 Å². The minimum atomic E-state index is -0.779. The molecule has 0 bridgehead atoms. The van der Waals surface area contributed by atoms with Crippen LogP contribution in [-0.4, -0.2) is 16.5 Å². The molecule has 98 valence electrons. The summed E-state index contributed by atoms with van der Waals surface area (Å²) in [4.78, 5) is 0. The van der Waals surface area contributed by atoms with Gasteiger partial charge in [-0.25, -0.2) is 0 Å². The smallest absolute Gasteiger partial charge is 0.118 e. The van der Waals surface area contributed by atoms with Crippen molar-refractivity contribution in [2.75, 3.05) is 12.3 Å². The van der Waals surface area contributed by atoms with Crippen molar-refractivity contribution in [1.29, 1.82) is 0 Å². The van der Waals surface area contributed by atoms with E-state index < -0.39 is 10.8 Å². The molecule has 1 rings (SSSR count). The zero-order valence-electron chi connectivity index (χ0n) is 10.8. The quantitative estimate of drug-likeness (QED) is 0.692. The van der Waals surface area contributed by atoms with Crippen LogP contribution in [0.4, 0.5) is 0 Å². The Morgan fingerprint density at radius 1 is 1.24 bits per heavy atom. The Labute approximate surface area is 106 Å². The molecular formula is C13H23NO2S. The van der Waals surface area contributed by atoms with Crippen molar-refractivity contribution in [1.82, 2.24) is 5.32 Å². The van der Waals surface area contributed by atoms with E-state index in [1.54, 1.807) is 0 Å². The van der Waals surface area contributed by atoms with Crippen LogP contribution in [0.15, 0.2) is 16.5 Å². The summed E-state index contributed by atoms with van der Waals surface area (Å²) in [5, 5.41) is 3.20. The van der Waals surface area contributed by atoms with Gasteiger partial charge in [-0.05, 0) is 25.1 Å². The summed E-state index contributed by atoms with van der Waals surface area (Å²) >= 11 is 0. The molecule has 1 N–H and O–H groups in total. The molecule has 1 unspecified atom stereocenters. The van der Waals surface area contributed by atoms with Crippen LogP contribution >= 0.6 is 0 Å². The second-order valence-corrected chi connectivity index (χ2v) is 5.72. The first-order valence-corrected chi connectivity index (χ1v) is 7.88. The van der Waals surface area contributed by atoms with Crippen molar-refractivity contribution >= 4 is 10.8 Å². The summed E-state index contributed by atoms with van der Waals surface area (Å²) in [6, 6.07) is 3.89. The van der Waals surface area contributed by atoms with E-state index in [9.17, 15) is 4.21 Å². The maximum Gasteiger partial charge on any atom is 0.118 e. The van der Waals surface area contributed by atoms with E-state index in [0.717, 1.165) is 43.2 Å². The monoisotopic (exact) mass is 257 g/mol. The first kappa shape index (κ1) is 14.5. The summed E-state index contributed by atoms with van der Waals surface area (Å²) in [6.45, 7) is 5.90. The van der Waals surface area contributed by atoms with Gasteiger partial charge < -0.3 is 9.73 Å². The summed E-state index contributed by atoms with van der Waals surface area (Å²) in [6.07, 6.45) is 3.38. The standard InChI is InChI=1S/C13H23NO2S/c1-3-5-6-9-17(15)11-13-8-7-12(16-13)10-14-4-2/h7-8,14H,3-6,9-11H2,1-2H3. The van der Waals surface area contributed by atoms with E-state index >= 15 is 0 Å². The summed E-state index contributed by atoms with van der Waals surface area (Å²) in [5.74, 6) is 3.10. The normalized spacial score (nSPS) is 12.8. The van der Waals surface area contributed by atoms with Gasteiger partial charge in [-0.1, -0.05) is 26.7 Å². The first-order chi connectivity index (χ1) is 8.26. The molecule has 0 aromatic carbocycles. The lowest BCUT2D eigenvalue weighted by molar-refractivity contribution is 0.461. The van der Waals surface area contributed by atoms with Crippen LogP contribution in [0.25, 0.3) is 0 Å². The fourth-order valence-electron chi connectivity index (χ4n) is 1.59. The molecule has 0 aliphatic heterocycles. The Balaban J connectivity index is 2.30. The zero-order chi connectivity index (χ0) is 12.5. The highest BCUT2D eigenvalue weighted by Gasteiger charge is 2.06. The van der Waals surface area contributed by atoms with E-state index in [0.29, 0.717) is 5.75 Å². The average Bonchev–Trinajstić information content (AvgIpc) is 2.74. The number of hydrogen-bond acceptors (Lipinski definition) is 3. The molecule has 0 aliphatic rings. The largest absolute Gasteiger partial charge is 0.464 e. The highest BCUT2D eigenvalue weighted by molar-refractivity contribution is 7.84. The molecule has 0 spiro atoms.